The Morgan fingerprint density at radius 2 is 2.09 bits per heavy atom. The van der Waals surface area contributed by atoms with Crippen molar-refractivity contribution < 1.29 is 9.53 Å². The van der Waals surface area contributed by atoms with Gasteiger partial charge >= 0.3 is 0 Å². The van der Waals surface area contributed by atoms with E-state index in [1.54, 1.807) is 18.5 Å². The first kappa shape index (κ1) is 17.7. The van der Waals surface area contributed by atoms with E-state index in [9.17, 15) is 4.79 Å². The van der Waals surface area contributed by atoms with E-state index in [1.165, 1.54) is 0 Å². The van der Waals surface area contributed by atoms with Crippen molar-refractivity contribution in [3.05, 3.63) is 18.5 Å². The third-order valence-corrected chi connectivity index (χ3v) is 3.99. The van der Waals surface area contributed by atoms with Crippen LogP contribution in [0.5, 0.6) is 0 Å². The molecule has 128 valence electrons. The van der Waals surface area contributed by atoms with E-state index in [1.807, 2.05) is 0 Å². The second kappa shape index (κ2) is 8.82. The molecule has 0 aromatic carbocycles. The maximum atomic E-state index is 12.0. The molecule has 1 unspecified atom stereocenters. The molecule has 1 saturated heterocycles. The molecule has 1 aliphatic rings. The molecule has 6 nitrogen and oxygen atoms in total. The number of hydrogen-bond acceptors (Lipinski definition) is 5. The minimum Gasteiger partial charge on any atom is -0.375 e. The molecule has 2 rings (SSSR count). The van der Waals surface area contributed by atoms with E-state index >= 15 is 0 Å². The molecule has 2 N–H and O–H groups in total. The minimum absolute atomic E-state index is 0.124. The van der Waals surface area contributed by atoms with Crippen molar-refractivity contribution in [2.45, 2.75) is 64.0 Å². The molecule has 1 atom stereocenters. The molecule has 0 aliphatic carbocycles. The Labute approximate surface area is 138 Å². The van der Waals surface area contributed by atoms with Crippen LogP contribution in [0.4, 0.5) is 5.95 Å². The van der Waals surface area contributed by atoms with E-state index in [0.717, 1.165) is 45.3 Å². The van der Waals surface area contributed by atoms with Crippen molar-refractivity contribution in [1.29, 1.82) is 0 Å². The van der Waals surface area contributed by atoms with Crippen LogP contribution < -0.4 is 10.6 Å². The predicted octanol–water partition coefficient (Wildman–Crippen LogP) is 2.52. The van der Waals surface area contributed by atoms with Crippen molar-refractivity contribution >= 4 is 11.9 Å². The van der Waals surface area contributed by atoms with Crippen LogP contribution in [0.1, 0.15) is 52.4 Å². The Hall–Kier alpha value is -1.69. The van der Waals surface area contributed by atoms with Crippen LogP contribution in [0.3, 0.4) is 0 Å². The maximum Gasteiger partial charge on any atom is 0.222 e. The highest BCUT2D eigenvalue weighted by atomic mass is 16.5. The number of nitrogens with one attached hydrogen (secondary N) is 2. The first-order valence-electron chi connectivity index (χ1n) is 8.49. The molecule has 0 radical (unpaired) electrons. The summed E-state index contributed by atoms with van der Waals surface area (Å²) in [5, 5.41) is 6.31. The Morgan fingerprint density at radius 3 is 2.83 bits per heavy atom. The highest BCUT2D eigenvalue weighted by Crippen LogP contribution is 2.23. The quantitative estimate of drug-likeness (QED) is 0.720. The number of rotatable bonds is 8. The molecular weight excluding hydrogens is 292 g/mol. The first-order valence-corrected chi connectivity index (χ1v) is 8.49. The lowest BCUT2D eigenvalue weighted by Gasteiger charge is -2.35. The van der Waals surface area contributed by atoms with E-state index in [0.29, 0.717) is 12.4 Å². The van der Waals surface area contributed by atoms with Crippen molar-refractivity contribution in [2.75, 3.05) is 18.5 Å². The van der Waals surface area contributed by atoms with Crippen LogP contribution in [-0.2, 0) is 9.53 Å². The summed E-state index contributed by atoms with van der Waals surface area (Å²) in [7, 11) is 0. The summed E-state index contributed by atoms with van der Waals surface area (Å²) in [6.45, 7) is 5.72. The van der Waals surface area contributed by atoms with Gasteiger partial charge in [-0.3, -0.25) is 4.79 Å². The topological polar surface area (TPSA) is 76.1 Å². The highest BCUT2D eigenvalue weighted by molar-refractivity contribution is 5.76. The van der Waals surface area contributed by atoms with Crippen molar-refractivity contribution in [3.8, 4) is 0 Å². The standard InChI is InChI=1S/C17H28N4O2/c1-17(2)13-14(8-12-23-17)21-15(22)7-4-3-5-9-18-16-19-10-6-11-20-16/h6,10-11,14H,3-5,7-9,12-13H2,1-2H3,(H,21,22)(H,18,19,20). The summed E-state index contributed by atoms with van der Waals surface area (Å²) in [6.07, 6.45) is 8.78. The van der Waals surface area contributed by atoms with Gasteiger partial charge in [-0.25, -0.2) is 9.97 Å². The largest absolute Gasteiger partial charge is 0.375 e. The first-order chi connectivity index (χ1) is 11.1. The van der Waals surface area contributed by atoms with Gasteiger partial charge in [-0.15, -0.1) is 0 Å². The van der Waals surface area contributed by atoms with E-state index in [2.05, 4.69) is 34.4 Å². The zero-order chi connectivity index (χ0) is 16.5. The van der Waals surface area contributed by atoms with Gasteiger partial charge in [0.1, 0.15) is 0 Å². The average Bonchev–Trinajstić information content (AvgIpc) is 2.51. The number of carbonyl (C=O) groups excluding carboxylic acids is 1. The van der Waals surface area contributed by atoms with Gasteiger partial charge in [0.15, 0.2) is 0 Å². The van der Waals surface area contributed by atoms with Gasteiger partial charge in [0.05, 0.1) is 5.60 Å². The monoisotopic (exact) mass is 320 g/mol. The maximum absolute atomic E-state index is 12.0. The lowest BCUT2D eigenvalue weighted by molar-refractivity contribution is -0.124. The molecule has 1 aromatic rings. The number of unbranched alkanes of at least 4 members (excludes halogenated alkanes) is 2. The molecule has 1 aromatic heterocycles. The molecule has 0 bridgehead atoms. The van der Waals surface area contributed by atoms with E-state index in [-0.39, 0.29) is 17.6 Å². The summed E-state index contributed by atoms with van der Waals surface area (Å²) in [6, 6.07) is 2.05. The molecule has 0 saturated carbocycles. The Balaban J connectivity index is 1.51. The third kappa shape index (κ3) is 6.95. The molecule has 1 fully saturated rings. The molecule has 1 aliphatic heterocycles. The van der Waals surface area contributed by atoms with Crippen LogP contribution in [0.15, 0.2) is 18.5 Å². The van der Waals surface area contributed by atoms with Gasteiger partial charge in [0.25, 0.3) is 0 Å². The SMILES string of the molecule is CC1(C)CC(NC(=O)CCCCCNc2ncccn2)CCO1. The van der Waals surface area contributed by atoms with Gasteiger partial charge < -0.3 is 15.4 Å². The number of anilines is 1. The molecule has 1 amide bonds. The number of nitrogens with zero attached hydrogens (tertiary/aromatic N) is 2. The fraction of sp³-hybridized carbons (Fsp3) is 0.706. The van der Waals surface area contributed by atoms with Crippen molar-refractivity contribution in [3.63, 3.8) is 0 Å². The number of ether oxygens (including phenoxy) is 1. The Morgan fingerprint density at radius 1 is 1.30 bits per heavy atom. The Bertz CT molecular complexity index is 479. The third-order valence-electron chi connectivity index (χ3n) is 3.99. The summed E-state index contributed by atoms with van der Waals surface area (Å²) < 4.78 is 5.67. The van der Waals surface area contributed by atoms with E-state index < -0.39 is 0 Å². The number of carbonyl (C=O) groups is 1. The smallest absolute Gasteiger partial charge is 0.222 e. The number of amides is 1. The summed E-state index contributed by atoms with van der Waals surface area (Å²) in [5.74, 6) is 0.819. The summed E-state index contributed by atoms with van der Waals surface area (Å²) >= 11 is 0. The van der Waals surface area contributed by atoms with Crippen molar-refractivity contribution in [1.82, 2.24) is 15.3 Å². The number of aromatic nitrogens is 2. The van der Waals surface area contributed by atoms with Crippen LogP contribution >= 0.6 is 0 Å². The van der Waals surface area contributed by atoms with Gasteiger partial charge in [-0.1, -0.05) is 6.42 Å². The van der Waals surface area contributed by atoms with Crippen LogP contribution in [0.2, 0.25) is 0 Å². The molecular formula is C17H28N4O2. The summed E-state index contributed by atoms with van der Waals surface area (Å²) in [4.78, 5) is 20.2. The fourth-order valence-corrected chi connectivity index (χ4v) is 2.83. The molecule has 0 spiro atoms. The highest BCUT2D eigenvalue weighted by Gasteiger charge is 2.29. The lowest BCUT2D eigenvalue weighted by Crippen LogP contribution is -2.45. The van der Waals surface area contributed by atoms with Gasteiger partial charge in [-0.05, 0) is 45.6 Å². The molecule has 2 heterocycles. The minimum atomic E-state index is -0.124. The van der Waals surface area contributed by atoms with Crippen LogP contribution in [-0.4, -0.2) is 40.7 Å². The summed E-state index contributed by atoms with van der Waals surface area (Å²) in [5.41, 5.74) is -0.124. The second-order valence-corrected chi connectivity index (χ2v) is 6.68. The molecule has 6 heteroatoms. The average molecular weight is 320 g/mol. The zero-order valence-corrected chi connectivity index (χ0v) is 14.2. The zero-order valence-electron chi connectivity index (χ0n) is 14.2. The van der Waals surface area contributed by atoms with Gasteiger partial charge in [0.2, 0.25) is 11.9 Å². The van der Waals surface area contributed by atoms with Crippen LogP contribution in [0.25, 0.3) is 0 Å². The molecule has 23 heavy (non-hydrogen) atoms. The number of hydrogen-bond donors (Lipinski definition) is 2. The fourth-order valence-electron chi connectivity index (χ4n) is 2.83. The lowest BCUT2D eigenvalue weighted by atomic mass is 9.94. The van der Waals surface area contributed by atoms with Gasteiger partial charge in [0, 0.05) is 38.0 Å². The van der Waals surface area contributed by atoms with Crippen LogP contribution in [0, 0.1) is 0 Å². The van der Waals surface area contributed by atoms with Crippen molar-refractivity contribution in [2.24, 2.45) is 0 Å². The van der Waals surface area contributed by atoms with E-state index in [4.69, 9.17) is 4.74 Å². The Kier molecular flexibility index (Phi) is 6.77. The normalized spacial score (nSPS) is 20.0. The second-order valence-electron chi connectivity index (χ2n) is 6.68. The predicted molar refractivity (Wildman–Crippen MR) is 90.2 cm³/mol. The van der Waals surface area contributed by atoms with Gasteiger partial charge in [-0.2, -0.15) is 0 Å².